The summed E-state index contributed by atoms with van der Waals surface area (Å²) in [5.41, 5.74) is 9.69. The van der Waals surface area contributed by atoms with Crippen molar-refractivity contribution < 1.29 is 4.79 Å². The predicted octanol–water partition coefficient (Wildman–Crippen LogP) is 5.92. The fourth-order valence-corrected chi connectivity index (χ4v) is 5.81. The van der Waals surface area contributed by atoms with Gasteiger partial charge in [0.05, 0.1) is 39.5 Å². The molecule has 0 saturated heterocycles. The molecule has 1 fully saturated rings. The number of anilines is 2. The topological polar surface area (TPSA) is 147 Å². The number of primary amides is 1. The number of halogens is 1. The van der Waals surface area contributed by atoms with Gasteiger partial charge in [0.15, 0.2) is 0 Å². The maximum atomic E-state index is 12.4. The third-order valence-corrected chi connectivity index (χ3v) is 8.32. The van der Waals surface area contributed by atoms with Crippen LogP contribution in [0.5, 0.6) is 0 Å². The molecular formula is C32H32ClN9O. The predicted molar refractivity (Wildman–Crippen MR) is 168 cm³/mol. The van der Waals surface area contributed by atoms with Gasteiger partial charge in [-0.15, -0.1) is 5.10 Å². The Balaban J connectivity index is 1.49. The number of carbonyl (C=O) groups is 1. The fraction of sp³-hybridized carbons (Fsp3) is 0.312. The Morgan fingerprint density at radius 3 is 2.70 bits per heavy atom. The van der Waals surface area contributed by atoms with Crippen molar-refractivity contribution in [2.75, 3.05) is 17.2 Å². The molecule has 10 nitrogen and oxygen atoms in total. The first kappa shape index (κ1) is 28.4. The maximum absolute atomic E-state index is 12.4. The van der Waals surface area contributed by atoms with Gasteiger partial charge in [-0.2, -0.15) is 5.26 Å². The largest absolute Gasteiger partial charge is 0.383 e. The second-order valence-corrected chi connectivity index (χ2v) is 12.7. The smallest absolute Gasteiger partial charge is 0.245 e. The summed E-state index contributed by atoms with van der Waals surface area (Å²) in [7, 11) is 0. The van der Waals surface area contributed by atoms with Crippen molar-refractivity contribution in [3.63, 3.8) is 0 Å². The molecule has 1 saturated carbocycles. The molecule has 1 aliphatic carbocycles. The number of nitriles is 1. The molecule has 11 heteroatoms. The summed E-state index contributed by atoms with van der Waals surface area (Å²) in [6.45, 7) is 7.01. The van der Waals surface area contributed by atoms with E-state index in [1.807, 2.05) is 42.5 Å². The number of hydrogen-bond donors (Lipinski definition) is 3. The lowest BCUT2D eigenvalue weighted by Crippen LogP contribution is -2.51. The highest BCUT2D eigenvalue weighted by Crippen LogP contribution is 2.40. The summed E-state index contributed by atoms with van der Waals surface area (Å²) in [5, 5.41) is 28.0. The van der Waals surface area contributed by atoms with Crippen LogP contribution < -0.4 is 16.4 Å². The number of pyridine rings is 2. The normalized spacial score (nSPS) is 15.0. The van der Waals surface area contributed by atoms with Crippen LogP contribution >= 0.6 is 11.6 Å². The molecule has 4 N–H and O–H groups in total. The zero-order valence-electron chi connectivity index (χ0n) is 24.2. The number of carbonyl (C=O) groups excluding carboxylic acids is 1. The van der Waals surface area contributed by atoms with Crippen molar-refractivity contribution >= 4 is 50.7 Å². The lowest BCUT2D eigenvalue weighted by atomic mass is 9.76. The number of aromatic nitrogens is 5. The van der Waals surface area contributed by atoms with Crippen molar-refractivity contribution in [2.24, 2.45) is 11.1 Å². The number of nitrogens with zero attached hydrogens (tertiary/aromatic N) is 6. The Hall–Kier alpha value is -4.75. The molecule has 0 radical (unpaired) electrons. The van der Waals surface area contributed by atoms with Gasteiger partial charge in [0.2, 0.25) is 5.91 Å². The monoisotopic (exact) mass is 593 g/mol. The Labute approximate surface area is 254 Å². The highest BCUT2D eigenvalue weighted by molar-refractivity contribution is 6.35. The summed E-state index contributed by atoms with van der Waals surface area (Å²) in [6, 6.07) is 15.4. The Kier molecular flexibility index (Phi) is 7.14. The van der Waals surface area contributed by atoms with Crippen molar-refractivity contribution in [3.8, 4) is 6.07 Å². The molecule has 0 bridgehead atoms. The molecule has 218 valence electrons. The molecule has 2 aromatic carbocycles. The minimum atomic E-state index is -0.866. The van der Waals surface area contributed by atoms with E-state index in [4.69, 9.17) is 17.3 Å². The van der Waals surface area contributed by atoms with Gasteiger partial charge in [-0.3, -0.25) is 14.8 Å². The van der Waals surface area contributed by atoms with Crippen LogP contribution in [0.2, 0.25) is 5.02 Å². The number of hydrogen-bond acceptors (Lipinski definition) is 8. The Bertz CT molecular complexity index is 1890. The molecule has 1 amide bonds. The van der Waals surface area contributed by atoms with E-state index in [0.29, 0.717) is 52.6 Å². The number of benzene rings is 2. The first-order chi connectivity index (χ1) is 20.6. The Morgan fingerprint density at radius 2 is 2.00 bits per heavy atom. The fourth-order valence-electron chi connectivity index (χ4n) is 5.55. The number of nitrogens with two attached hydrogens (primary N) is 1. The van der Waals surface area contributed by atoms with Crippen LogP contribution in [0.15, 0.2) is 61.1 Å². The lowest BCUT2D eigenvalue weighted by molar-refractivity contribution is -0.131. The number of fused-ring (bicyclic) bond motifs is 2. The molecular weight excluding hydrogens is 562 g/mol. The SMILES string of the molecule is CC(C)(C)CNc1c(C#N)cnc2c(Cl)cc(N[C@H](c3cn(C4(C(N)=O)CCC4)nn3)c3cccc4ncccc34)cc12. The van der Waals surface area contributed by atoms with Crippen LogP contribution in [0.3, 0.4) is 0 Å². The third-order valence-electron chi connectivity index (χ3n) is 8.03. The highest BCUT2D eigenvalue weighted by Gasteiger charge is 2.46. The van der Waals surface area contributed by atoms with E-state index in [2.05, 4.69) is 57.8 Å². The van der Waals surface area contributed by atoms with Crippen LogP contribution in [0.1, 0.15) is 62.9 Å². The quantitative estimate of drug-likeness (QED) is 0.201. The average molecular weight is 594 g/mol. The maximum Gasteiger partial charge on any atom is 0.245 e. The van der Waals surface area contributed by atoms with Crippen LogP contribution in [0.25, 0.3) is 21.8 Å². The average Bonchev–Trinajstić information content (AvgIpc) is 3.43. The van der Waals surface area contributed by atoms with Crippen molar-refractivity contribution in [2.45, 2.75) is 51.6 Å². The van der Waals surface area contributed by atoms with Gasteiger partial charge in [0.1, 0.15) is 17.3 Å². The van der Waals surface area contributed by atoms with Crippen LogP contribution in [-0.4, -0.2) is 37.4 Å². The zero-order chi connectivity index (χ0) is 30.4. The lowest BCUT2D eigenvalue weighted by Gasteiger charge is -2.38. The van der Waals surface area contributed by atoms with E-state index in [1.54, 1.807) is 23.3 Å². The number of amides is 1. The minimum absolute atomic E-state index is 0.0238. The number of nitrogens with one attached hydrogen (secondary N) is 2. The van der Waals surface area contributed by atoms with E-state index in [0.717, 1.165) is 28.3 Å². The number of rotatable bonds is 8. The van der Waals surface area contributed by atoms with Crippen LogP contribution in [0, 0.1) is 16.7 Å². The van der Waals surface area contributed by atoms with Crippen LogP contribution in [0.4, 0.5) is 11.4 Å². The van der Waals surface area contributed by atoms with Crippen LogP contribution in [-0.2, 0) is 10.3 Å². The highest BCUT2D eigenvalue weighted by atomic mass is 35.5. The van der Waals surface area contributed by atoms with Gasteiger partial charge in [-0.25, -0.2) is 4.68 Å². The van der Waals surface area contributed by atoms with Gasteiger partial charge < -0.3 is 16.4 Å². The summed E-state index contributed by atoms with van der Waals surface area (Å²) < 4.78 is 1.61. The second-order valence-electron chi connectivity index (χ2n) is 12.3. The van der Waals surface area contributed by atoms with E-state index < -0.39 is 17.5 Å². The molecule has 1 atom stereocenters. The summed E-state index contributed by atoms with van der Waals surface area (Å²) in [6.07, 6.45) is 7.25. The van der Waals surface area contributed by atoms with Gasteiger partial charge >= 0.3 is 0 Å². The van der Waals surface area contributed by atoms with Crippen molar-refractivity contribution in [3.05, 3.63) is 82.9 Å². The summed E-state index contributed by atoms with van der Waals surface area (Å²) in [5.74, 6) is -0.411. The molecule has 0 unspecified atom stereocenters. The molecule has 0 aliphatic heterocycles. The molecule has 0 spiro atoms. The third kappa shape index (κ3) is 5.21. The first-order valence-corrected chi connectivity index (χ1v) is 14.6. The molecule has 43 heavy (non-hydrogen) atoms. The van der Waals surface area contributed by atoms with Gasteiger partial charge in [0.25, 0.3) is 0 Å². The standard InChI is InChI=1S/C32H32ClN9O/c1-31(2,3)18-38-27-19(15-34)16-37-28-23(27)13-20(14-24(28)33)39-29(22-7-4-9-25-21(22)8-5-12-36-25)26-17-42(41-40-26)32(30(35)43)10-6-11-32/h4-5,7-9,12-14,16-17,29,39H,6,10-11,18H2,1-3H3,(H2,35,43)(H,37,38)/t29-/m0/s1. The zero-order valence-corrected chi connectivity index (χ0v) is 25.0. The molecule has 1 aliphatic rings. The van der Waals surface area contributed by atoms with Gasteiger partial charge in [-0.05, 0) is 54.5 Å². The molecule has 6 rings (SSSR count). The summed E-state index contributed by atoms with van der Waals surface area (Å²) in [4.78, 5) is 21.5. The minimum Gasteiger partial charge on any atom is -0.383 e. The Morgan fingerprint density at radius 1 is 1.19 bits per heavy atom. The molecule has 5 aromatic rings. The molecule has 3 heterocycles. The van der Waals surface area contributed by atoms with Gasteiger partial charge in [0, 0.05) is 35.4 Å². The molecule has 3 aromatic heterocycles. The van der Waals surface area contributed by atoms with E-state index in [1.165, 1.54) is 0 Å². The van der Waals surface area contributed by atoms with Crippen molar-refractivity contribution in [1.82, 2.24) is 25.0 Å². The van der Waals surface area contributed by atoms with E-state index in [-0.39, 0.29) is 5.41 Å². The van der Waals surface area contributed by atoms with Crippen molar-refractivity contribution in [1.29, 1.82) is 5.26 Å². The van der Waals surface area contributed by atoms with E-state index >= 15 is 0 Å². The van der Waals surface area contributed by atoms with E-state index in [9.17, 15) is 10.1 Å². The van der Waals surface area contributed by atoms with Gasteiger partial charge in [-0.1, -0.05) is 55.8 Å². The summed E-state index contributed by atoms with van der Waals surface area (Å²) >= 11 is 6.81. The first-order valence-electron chi connectivity index (χ1n) is 14.2. The second kappa shape index (κ2) is 10.8.